The zero-order valence-corrected chi connectivity index (χ0v) is 13.5. The third kappa shape index (κ3) is 4.50. The average molecular weight is 295 g/mol. The van der Waals surface area contributed by atoms with Gasteiger partial charge in [-0.1, -0.05) is 27.7 Å². The second-order valence-corrected chi connectivity index (χ2v) is 7.54. The number of hydrogen-bond acceptors (Lipinski definition) is 1. The highest BCUT2D eigenvalue weighted by Gasteiger charge is 2.35. The second-order valence-electron chi connectivity index (χ2n) is 7.54. The molecule has 2 atom stereocenters. The van der Waals surface area contributed by atoms with E-state index in [4.69, 9.17) is 0 Å². The Bertz CT molecular complexity index is 460. The molecule has 2 unspecified atom stereocenters. The summed E-state index contributed by atoms with van der Waals surface area (Å²) >= 11 is 0. The molecule has 0 bridgehead atoms. The van der Waals surface area contributed by atoms with E-state index in [1.165, 1.54) is 18.6 Å². The summed E-state index contributed by atoms with van der Waals surface area (Å²) in [6.45, 7) is 9.67. The van der Waals surface area contributed by atoms with Crippen molar-refractivity contribution >= 4 is 0 Å². The maximum absolute atomic E-state index is 13.6. The standard InChI is InChI=1S/C18H27F2N/c1-12(2)21-11-13-5-6-18(3,4)10-17(13)14-7-15(19)9-16(20)8-14/h7-9,12-13,17,21H,5-6,10-11H2,1-4H3. The first-order valence-electron chi connectivity index (χ1n) is 7.96. The van der Waals surface area contributed by atoms with Crippen LogP contribution in [-0.2, 0) is 0 Å². The lowest BCUT2D eigenvalue weighted by molar-refractivity contribution is 0.157. The lowest BCUT2D eigenvalue weighted by Crippen LogP contribution is -2.37. The Kier molecular flexibility index (Phi) is 5.03. The highest BCUT2D eigenvalue weighted by Crippen LogP contribution is 2.46. The van der Waals surface area contributed by atoms with Crippen LogP contribution in [0.2, 0.25) is 0 Å². The molecule has 1 aromatic carbocycles. The number of halogens is 2. The lowest BCUT2D eigenvalue weighted by Gasteiger charge is -2.41. The van der Waals surface area contributed by atoms with Crippen molar-refractivity contribution in [2.24, 2.45) is 11.3 Å². The summed E-state index contributed by atoms with van der Waals surface area (Å²) in [4.78, 5) is 0. The zero-order chi connectivity index (χ0) is 15.6. The highest BCUT2D eigenvalue weighted by molar-refractivity contribution is 5.24. The average Bonchev–Trinajstić information content (AvgIpc) is 2.35. The van der Waals surface area contributed by atoms with Gasteiger partial charge < -0.3 is 5.32 Å². The van der Waals surface area contributed by atoms with Gasteiger partial charge in [0, 0.05) is 12.1 Å². The van der Waals surface area contributed by atoms with Crippen LogP contribution < -0.4 is 5.32 Å². The van der Waals surface area contributed by atoms with E-state index < -0.39 is 11.6 Å². The molecule has 118 valence electrons. The molecule has 1 N–H and O–H groups in total. The maximum atomic E-state index is 13.6. The summed E-state index contributed by atoms with van der Waals surface area (Å²) in [6.07, 6.45) is 3.27. The van der Waals surface area contributed by atoms with Gasteiger partial charge in [-0.3, -0.25) is 0 Å². The first-order chi connectivity index (χ1) is 9.77. The van der Waals surface area contributed by atoms with Crippen molar-refractivity contribution < 1.29 is 8.78 Å². The Balaban J connectivity index is 2.23. The summed E-state index contributed by atoms with van der Waals surface area (Å²) in [5.41, 5.74) is 1.05. The molecule has 0 radical (unpaired) electrons. The van der Waals surface area contributed by atoms with E-state index in [-0.39, 0.29) is 11.3 Å². The number of rotatable bonds is 4. The third-order valence-corrected chi connectivity index (χ3v) is 4.63. The van der Waals surface area contributed by atoms with Crippen molar-refractivity contribution in [3.05, 3.63) is 35.4 Å². The van der Waals surface area contributed by atoms with E-state index in [1.807, 2.05) is 0 Å². The zero-order valence-electron chi connectivity index (χ0n) is 13.5. The smallest absolute Gasteiger partial charge is 0.126 e. The van der Waals surface area contributed by atoms with Gasteiger partial charge in [0.25, 0.3) is 0 Å². The van der Waals surface area contributed by atoms with Gasteiger partial charge in [0.2, 0.25) is 0 Å². The monoisotopic (exact) mass is 295 g/mol. The van der Waals surface area contributed by atoms with Crippen molar-refractivity contribution in [3.63, 3.8) is 0 Å². The topological polar surface area (TPSA) is 12.0 Å². The van der Waals surface area contributed by atoms with Crippen molar-refractivity contribution in [3.8, 4) is 0 Å². The number of benzene rings is 1. The molecule has 0 spiro atoms. The van der Waals surface area contributed by atoms with Crippen molar-refractivity contribution in [1.29, 1.82) is 0 Å². The van der Waals surface area contributed by atoms with Crippen LogP contribution in [-0.4, -0.2) is 12.6 Å². The minimum atomic E-state index is -0.469. The van der Waals surface area contributed by atoms with Gasteiger partial charge in [-0.05, 0) is 60.8 Å². The predicted molar refractivity (Wildman–Crippen MR) is 83.4 cm³/mol. The quantitative estimate of drug-likeness (QED) is 0.835. The number of hydrogen-bond donors (Lipinski definition) is 1. The van der Waals surface area contributed by atoms with E-state index in [1.54, 1.807) is 0 Å². The molecule has 3 heteroatoms. The van der Waals surface area contributed by atoms with Crippen LogP contribution in [0.1, 0.15) is 58.4 Å². The van der Waals surface area contributed by atoms with Gasteiger partial charge in [0.15, 0.2) is 0 Å². The Hall–Kier alpha value is -0.960. The molecule has 1 aliphatic rings. The summed E-state index contributed by atoms with van der Waals surface area (Å²) in [5, 5.41) is 3.48. The first kappa shape index (κ1) is 16.4. The van der Waals surface area contributed by atoms with Crippen molar-refractivity contribution in [1.82, 2.24) is 5.32 Å². The molecule has 1 nitrogen and oxygen atoms in total. The molecule has 0 aromatic heterocycles. The highest BCUT2D eigenvalue weighted by atomic mass is 19.1. The summed E-state index contributed by atoms with van der Waals surface area (Å²) in [6, 6.07) is 4.42. The molecule has 0 heterocycles. The fourth-order valence-corrected chi connectivity index (χ4v) is 3.45. The fourth-order valence-electron chi connectivity index (χ4n) is 3.45. The van der Waals surface area contributed by atoms with Crippen LogP contribution in [0.4, 0.5) is 8.78 Å². The summed E-state index contributed by atoms with van der Waals surface area (Å²) in [5.74, 6) is -0.264. The van der Waals surface area contributed by atoms with E-state index in [9.17, 15) is 8.78 Å². The Morgan fingerprint density at radius 3 is 2.38 bits per heavy atom. The molecule has 0 amide bonds. The van der Waals surface area contributed by atoms with E-state index in [0.29, 0.717) is 12.0 Å². The Morgan fingerprint density at radius 1 is 1.19 bits per heavy atom. The molecular formula is C18H27F2N. The molecule has 1 saturated carbocycles. The molecule has 21 heavy (non-hydrogen) atoms. The van der Waals surface area contributed by atoms with E-state index in [2.05, 4.69) is 33.0 Å². The SMILES string of the molecule is CC(C)NCC1CCC(C)(C)CC1c1cc(F)cc(F)c1. The normalized spacial score (nSPS) is 25.3. The molecule has 1 aliphatic carbocycles. The van der Waals surface area contributed by atoms with Gasteiger partial charge in [0.05, 0.1) is 0 Å². The number of nitrogens with one attached hydrogen (secondary N) is 1. The largest absolute Gasteiger partial charge is 0.314 e. The molecule has 2 rings (SSSR count). The third-order valence-electron chi connectivity index (χ3n) is 4.63. The van der Waals surface area contributed by atoms with Crippen LogP contribution in [0.25, 0.3) is 0 Å². The van der Waals surface area contributed by atoms with E-state index in [0.717, 1.165) is 31.0 Å². The van der Waals surface area contributed by atoms with Gasteiger partial charge in [-0.2, -0.15) is 0 Å². The molecule has 1 fully saturated rings. The molecule has 0 aliphatic heterocycles. The van der Waals surface area contributed by atoms with Crippen LogP contribution in [0, 0.1) is 23.0 Å². The predicted octanol–water partition coefficient (Wildman–Crippen LogP) is 4.87. The van der Waals surface area contributed by atoms with Crippen molar-refractivity contribution in [2.45, 2.75) is 58.9 Å². The van der Waals surface area contributed by atoms with Gasteiger partial charge in [0.1, 0.15) is 11.6 Å². The van der Waals surface area contributed by atoms with Crippen molar-refractivity contribution in [2.75, 3.05) is 6.54 Å². The Labute approximate surface area is 127 Å². The fraction of sp³-hybridized carbons (Fsp3) is 0.667. The maximum Gasteiger partial charge on any atom is 0.126 e. The summed E-state index contributed by atoms with van der Waals surface area (Å²) < 4.78 is 27.1. The van der Waals surface area contributed by atoms with Gasteiger partial charge in [-0.25, -0.2) is 8.78 Å². The van der Waals surface area contributed by atoms with Crippen LogP contribution in [0.5, 0.6) is 0 Å². The Morgan fingerprint density at radius 2 is 1.81 bits per heavy atom. The second kappa shape index (κ2) is 6.43. The minimum Gasteiger partial charge on any atom is -0.314 e. The van der Waals surface area contributed by atoms with Gasteiger partial charge >= 0.3 is 0 Å². The molecular weight excluding hydrogens is 268 g/mol. The van der Waals surface area contributed by atoms with E-state index >= 15 is 0 Å². The first-order valence-corrected chi connectivity index (χ1v) is 7.96. The van der Waals surface area contributed by atoms with Gasteiger partial charge in [-0.15, -0.1) is 0 Å². The molecule has 1 aromatic rings. The molecule has 0 saturated heterocycles. The lowest BCUT2D eigenvalue weighted by atomic mass is 9.65. The van der Waals surface area contributed by atoms with Crippen LogP contribution in [0.15, 0.2) is 18.2 Å². The summed E-state index contributed by atoms with van der Waals surface area (Å²) in [7, 11) is 0. The van der Waals surface area contributed by atoms with Crippen LogP contribution in [0.3, 0.4) is 0 Å². The van der Waals surface area contributed by atoms with Crippen LogP contribution >= 0.6 is 0 Å². The minimum absolute atomic E-state index is 0.227.